The molecule has 0 N–H and O–H groups in total. The van der Waals surface area contributed by atoms with Crippen molar-refractivity contribution in [1.29, 1.82) is 0 Å². The highest BCUT2D eigenvalue weighted by Crippen LogP contribution is 2.61. The molecule has 546 valence electrons. The summed E-state index contributed by atoms with van der Waals surface area (Å²) >= 11 is 0. The second-order valence-corrected chi connectivity index (χ2v) is 28.7. The number of nitrogens with zero attached hydrogens (tertiary/aromatic N) is 2. The Bertz CT molecular complexity index is 6450. The molecule has 2 aliphatic carbocycles. The van der Waals surface area contributed by atoms with E-state index < -0.39 is 45.7 Å². The van der Waals surface area contributed by atoms with Crippen LogP contribution in [0.4, 0.5) is 60.5 Å². The van der Waals surface area contributed by atoms with Gasteiger partial charge in [-0.15, -0.1) is 0 Å². The smallest absolute Gasteiger partial charge is 0.137 e. The van der Waals surface area contributed by atoms with Crippen LogP contribution < -0.4 is 19.3 Å². The number of anilines is 6. The van der Waals surface area contributed by atoms with Gasteiger partial charge < -0.3 is 28.1 Å². The summed E-state index contributed by atoms with van der Waals surface area (Å²) in [5.74, 6) is -4.18. The van der Waals surface area contributed by atoms with Crippen molar-refractivity contribution < 1.29 is 44.7 Å². The van der Waals surface area contributed by atoms with Crippen molar-refractivity contribution in [2.75, 3.05) is 9.80 Å². The maximum absolute atomic E-state index is 17.4. The summed E-state index contributed by atoms with van der Waals surface area (Å²) in [5, 5.41) is 3.74. The van der Waals surface area contributed by atoms with E-state index in [0.29, 0.717) is 78.9 Å². The van der Waals surface area contributed by atoms with Crippen LogP contribution in [0.2, 0.25) is 0 Å². The van der Waals surface area contributed by atoms with Gasteiger partial charge in [0.25, 0.3) is 0 Å². The summed E-state index contributed by atoms with van der Waals surface area (Å²) in [6.07, 6.45) is 3.49. The van der Waals surface area contributed by atoms with E-state index in [9.17, 15) is 0 Å². The van der Waals surface area contributed by atoms with E-state index >= 15 is 26.3 Å². The van der Waals surface area contributed by atoms with Crippen LogP contribution in [0.15, 0.2) is 362 Å². The zero-order valence-electron chi connectivity index (χ0n) is 60.7. The van der Waals surface area contributed by atoms with Gasteiger partial charge in [0, 0.05) is 103 Å². The van der Waals surface area contributed by atoms with Gasteiger partial charge in [-0.3, -0.25) is 0 Å². The van der Waals surface area contributed by atoms with Crippen molar-refractivity contribution in [2.45, 2.75) is 10.8 Å². The van der Waals surface area contributed by atoms with Crippen LogP contribution in [0.3, 0.4) is 0 Å². The normalized spacial score (nSPS) is 14.5. The monoisotopic (exact) mass is 1490 g/mol. The zero-order valence-corrected chi connectivity index (χ0v) is 60.7. The Hall–Kier alpha value is -14.6. The number of benzene rings is 16. The molecular formula is C102H62F6N2O4. The number of halogens is 6. The molecule has 16 aromatic carbocycles. The molecule has 2 aliphatic rings. The predicted octanol–water partition coefficient (Wildman–Crippen LogP) is 28.5. The van der Waals surface area contributed by atoms with Crippen LogP contribution in [0.5, 0.6) is 23.0 Å². The fourth-order valence-electron chi connectivity index (χ4n) is 17.4. The van der Waals surface area contributed by atoms with E-state index in [0.717, 1.165) is 124 Å². The van der Waals surface area contributed by atoms with Gasteiger partial charge >= 0.3 is 0 Å². The molecule has 114 heavy (non-hydrogen) atoms. The van der Waals surface area contributed by atoms with Crippen LogP contribution >= 0.6 is 0 Å². The highest BCUT2D eigenvalue weighted by atomic mass is 19.2. The maximum atomic E-state index is 17.4. The van der Waals surface area contributed by atoms with Gasteiger partial charge in [0.2, 0.25) is 0 Å². The third-order valence-corrected chi connectivity index (χ3v) is 22.4. The average Bonchev–Trinajstić information content (AvgIpc) is 1.52. The molecule has 2 heterocycles. The van der Waals surface area contributed by atoms with Gasteiger partial charge in [0.15, 0.2) is 0 Å². The molecule has 0 amide bonds. The molecule has 2 aromatic heterocycles. The van der Waals surface area contributed by atoms with Gasteiger partial charge in [0.1, 0.15) is 80.2 Å². The number of furan rings is 2. The van der Waals surface area contributed by atoms with Gasteiger partial charge in [-0.2, -0.15) is 0 Å². The lowest BCUT2D eigenvalue weighted by atomic mass is 9.67. The highest BCUT2D eigenvalue weighted by Gasteiger charge is 2.52. The zero-order chi connectivity index (χ0) is 77.1. The van der Waals surface area contributed by atoms with E-state index in [-0.39, 0.29) is 11.1 Å². The molecule has 0 saturated heterocycles. The number of hydrogen-bond acceptors (Lipinski definition) is 6. The summed E-state index contributed by atoms with van der Waals surface area (Å²) in [6, 6.07) is 104. The van der Waals surface area contributed by atoms with Crippen LogP contribution in [0, 0.1) is 34.9 Å². The Labute approximate surface area is 651 Å². The summed E-state index contributed by atoms with van der Waals surface area (Å²) in [5.41, 5.74) is 12.7. The molecule has 18 aromatic rings. The molecule has 2 unspecified atom stereocenters. The SMILES string of the molecule is C=Cc1ccc(Oc2ccc(C3(c4c(F)cc(F)cc4F)c4ccccc4-c4ccc(N(c5ccc(-c6ccc(N(c7ccc8c(c7)C(c7ccc(Oc9ccc(C=C)cc9)cc7)(c7c(F)cc(F)cc7F)c7ccccc7-8)c7ccc8c(c7)oc7ccccc78)cc6)cc5)c5ccc6c(c5)oc5ccccc56)cc43)cc2)cc1. The van der Waals surface area contributed by atoms with Crippen LogP contribution in [0.25, 0.3) is 89.4 Å². The van der Waals surface area contributed by atoms with Crippen LogP contribution in [0.1, 0.15) is 55.6 Å². The van der Waals surface area contributed by atoms with Gasteiger partial charge in [0.05, 0.1) is 10.8 Å². The first kappa shape index (κ1) is 68.6. The average molecular weight is 1490 g/mol. The Morgan fingerprint density at radius 1 is 0.272 bits per heavy atom. The Morgan fingerprint density at radius 2 is 0.579 bits per heavy atom. The van der Waals surface area contributed by atoms with E-state index in [1.807, 2.05) is 291 Å². The van der Waals surface area contributed by atoms with Crippen molar-refractivity contribution in [1.82, 2.24) is 0 Å². The van der Waals surface area contributed by atoms with Gasteiger partial charge in [-0.25, -0.2) is 26.3 Å². The maximum Gasteiger partial charge on any atom is 0.137 e. The predicted molar refractivity (Wildman–Crippen MR) is 443 cm³/mol. The first-order valence-corrected chi connectivity index (χ1v) is 37.3. The first-order valence-electron chi connectivity index (χ1n) is 37.3. The van der Waals surface area contributed by atoms with Crippen molar-refractivity contribution in [3.05, 3.63) is 443 Å². The largest absolute Gasteiger partial charge is 0.457 e. The minimum absolute atomic E-state index is 0.339. The van der Waals surface area contributed by atoms with Crippen molar-refractivity contribution in [3.8, 4) is 56.4 Å². The van der Waals surface area contributed by atoms with Gasteiger partial charge in [-0.1, -0.05) is 195 Å². The lowest BCUT2D eigenvalue weighted by Crippen LogP contribution is -2.31. The van der Waals surface area contributed by atoms with E-state index in [2.05, 4.69) is 23.0 Å². The number of hydrogen-bond donors (Lipinski definition) is 0. The first-order chi connectivity index (χ1) is 55.8. The number of fused-ring (bicyclic) bond motifs is 12. The molecule has 0 spiro atoms. The number of ether oxygens (including phenoxy) is 2. The quantitative estimate of drug-likeness (QED) is 0.0847. The molecule has 2 atom stereocenters. The van der Waals surface area contributed by atoms with Crippen molar-refractivity contribution in [3.63, 3.8) is 0 Å². The van der Waals surface area contributed by atoms with Gasteiger partial charge in [-0.05, 0) is 211 Å². The summed E-state index contributed by atoms with van der Waals surface area (Å²) < 4.78 is 126. The molecular weight excluding hydrogens is 1430 g/mol. The number of para-hydroxylation sites is 2. The fraction of sp³-hybridized carbons (Fsp3) is 0.0196. The second kappa shape index (κ2) is 27.1. The third kappa shape index (κ3) is 11.1. The lowest BCUT2D eigenvalue weighted by Gasteiger charge is -2.35. The fourth-order valence-corrected chi connectivity index (χ4v) is 17.4. The molecule has 12 heteroatoms. The van der Waals surface area contributed by atoms with Crippen LogP contribution in [-0.4, -0.2) is 0 Å². The summed E-state index contributed by atoms with van der Waals surface area (Å²) in [6.45, 7) is 7.74. The van der Waals surface area contributed by atoms with Crippen molar-refractivity contribution >= 4 is 90.2 Å². The summed E-state index contributed by atoms with van der Waals surface area (Å²) in [7, 11) is 0. The van der Waals surface area contributed by atoms with E-state index in [4.69, 9.17) is 18.3 Å². The summed E-state index contributed by atoms with van der Waals surface area (Å²) in [4.78, 5) is 4.18. The molecule has 0 fully saturated rings. The van der Waals surface area contributed by atoms with Crippen LogP contribution in [-0.2, 0) is 10.8 Å². The Morgan fingerprint density at radius 3 is 0.956 bits per heavy atom. The van der Waals surface area contributed by atoms with Crippen molar-refractivity contribution in [2.24, 2.45) is 0 Å². The molecule has 0 aliphatic heterocycles. The lowest BCUT2D eigenvalue weighted by molar-refractivity contribution is 0.481. The Kier molecular flexibility index (Phi) is 16.3. The third-order valence-electron chi connectivity index (χ3n) is 22.4. The highest BCUT2D eigenvalue weighted by molar-refractivity contribution is 6.08. The number of rotatable bonds is 17. The topological polar surface area (TPSA) is 51.2 Å². The second-order valence-electron chi connectivity index (χ2n) is 28.7. The van der Waals surface area contributed by atoms with E-state index in [1.165, 1.54) is 0 Å². The minimum Gasteiger partial charge on any atom is -0.457 e. The molecule has 0 saturated carbocycles. The molecule has 0 bridgehead atoms. The van der Waals surface area contributed by atoms with E-state index in [1.54, 1.807) is 36.4 Å². The minimum atomic E-state index is -1.68. The Balaban J connectivity index is 0.715. The molecule has 6 nitrogen and oxygen atoms in total. The standard InChI is InChI=1S/C102H62F6N2O4/c1-3-61-21-41-75(42-22-61)111-77-45-29-65(30-46-77)101(99-91(105)53-67(103)54-92(99)106)87-17-9-5-13-79(87)81-49-37-71(57-89(81)101)109(73-39-51-85-83-15-7-11-19-95(83)113-97(85)59-73)69-33-25-63(26-34-69)64-27-35-70(36-28-64)110(74-40-52-86-84-16-8-12-20-96(84)114-98(86)60-74)72-38-50-82-80-14-6-10-18-88(80)102(90(82)58-72,100-93(107)55-68(104)56-94(100)108)66-31-47-78(48-32-66)112-76-43-23-62(4-2)24-44-76/h3-60H,1-2H2. The molecule has 0 radical (unpaired) electrons. The molecule has 20 rings (SSSR count).